The van der Waals surface area contributed by atoms with Gasteiger partial charge in [0, 0.05) is 29.1 Å². The summed E-state index contributed by atoms with van der Waals surface area (Å²) in [6.45, 7) is 2.60. The number of hydrogen-bond donors (Lipinski definition) is 1. The fraction of sp³-hybridized carbons (Fsp3) is 0.286. The standard InChI is InChI=1S/C14H15ClFNOS/c1-9(17-8-11-4-6-14(15)19-11)12-5-3-10(18-2)7-13(12)16/h3-7,9,17H,8H2,1-2H3. The lowest BCUT2D eigenvalue weighted by molar-refractivity contribution is 0.409. The minimum absolute atomic E-state index is 0.0771. The van der Waals surface area contributed by atoms with Crippen LogP contribution in [0.5, 0.6) is 5.75 Å². The molecule has 0 spiro atoms. The summed E-state index contributed by atoms with van der Waals surface area (Å²) in [5.74, 6) is 0.266. The van der Waals surface area contributed by atoms with Gasteiger partial charge >= 0.3 is 0 Å². The predicted molar refractivity (Wildman–Crippen MR) is 77.5 cm³/mol. The summed E-state index contributed by atoms with van der Waals surface area (Å²) in [4.78, 5) is 1.13. The van der Waals surface area contributed by atoms with Crippen molar-refractivity contribution in [2.75, 3.05) is 7.11 Å². The monoisotopic (exact) mass is 299 g/mol. The van der Waals surface area contributed by atoms with Gasteiger partial charge in [0.05, 0.1) is 11.4 Å². The van der Waals surface area contributed by atoms with E-state index in [4.69, 9.17) is 16.3 Å². The van der Waals surface area contributed by atoms with Crippen LogP contribution in [0.25, 0.3) is 0 Å². The largest absolute Gasteiger partial charge is 0.497 e. The van der Waals surface area contributed by atoms with Crippen molar-refractivity contribution < 1.29 is 9.13 Å². The van der Waals surface area contributed by atoms with Crippen molar-refractivity contribution in [1.82, 2.24) is 5.32 Å². The van der Waals surface area contributed by atoms with Crippen molar-refractivity contribution in [2.24, 2.45) is 0 Å². The van der Waals surface area contributed by atoms with Gasteiger partial charge in [-0.2, -0.15) is 0 Å². The Balaban J connectivity index is 2.01. The Morgan fingerprint density at radius 1 is 1.37 bits per heavy atom. The van der Waals surface area contributed by atoms with E-state index in [-0.39, 0.29) is 11.9 Å². The molecular weight excluding hydrogens is 285 g/mol. The van der Waals surface area contributed by atoms with Gasteiger partial charge in [0.1, 0.15) is 11.6 Å². The van der Waals surface area contributed by atoms with Gasteiger partial charge in [-0.25, -0.2) is 4.39 Å². The highest BCUT2D eigenvalue weighted by molar-refractivity contribution is 7.16. The zero-order valence-corrected chi connectivity index (χ0v) is 12.3. The first-order chi connectivity index (χ1) is 9.10. The molecule has 1 aromatic heterocycles. The molecule has 0 amide bonds. The van der Waals surface area contributed by atoms with Crippen LogP contribution in [0.15, 0.2) is 30.3 Å². The Morgan fingerprint density at radius 2 is 2.16 bits per heavy atom. The maximum atomic E-state index is 13.9. The molecule has 0 bridgehead atoms. The maximum Gasteiger partial charge on any atom is 0.131 e. The van der Waals surface area contributed by atoms with Crippen molar-refractivity contribution in [3.63, 3.8) is 0 Å². The summed E-state index contributed by atoms with van der Waals surface area (Å²) < 4.78 is 19.6. The van der Waals surface area contributed by atoms with Crippen LogP contribution in [0.3, 0.4) is 0 Å². The molecular formula is C14H15ClFNOS. The summed E-state index contributed by atoms with van der Waals surface area (Å²) in [6.07, 6.45) is 0. The van der Waals surface area contributed by atoms with Gasteiger partial charge < -0.3 is 10.1 Å². The predicted octanol–water partition coefficient (Wildman–Crippen LogP) is 4.40. The highest BCUT2D eigenvalue weighted by atomic mass is 35.5. The molecule has 2 aromatic rings. The van der Waals surface area contributed by atoms with E-state index in [2.05, 4.69) is 5.32 Å². The lowest BCUT2D eigenvalue weighted by Crippen LogP contribution is -2.18. The second-order valence-corrected chi connectivity index (χ2v) is 6.00. The first-order valence-corrected chi connectivity index (χ1v) is 7.10. The third-order valence-electron chi connectivity index (χ3n) is 2.89. The summed E-state index contributed by atoms with van der Waals surface area (Å²) in [6, 6.07) is 8.66. The van der Waals surface area contributed by atoms with Crippen molar-refractivity contribution in [2.45, 2.75) is 19.5 Å². The smallest absolute Gasteiger partial charge is 0.131 e. The summed E-state index contributed by atoms with van der Waals surface area (Å²) in [7, 11) is 1.52. The van der Waals surface area contributed by atoms with Gasteiger partial charge in [-0.1, -0.05) is 17.7 Å². The van der Waals surface area contributed by atoms with E-state index in [1.165, 1.54) is 24.5 Å². The van der Waals surface area contributed by atoms with Crippen LogP contribution in [-0.2, 0) is 6.54 Å². The summed E-state index contributed by atoms with van der Waals surface area (Å²) in [5.41, 5.74) is 0.628. The molecule has 0 fully saturated rings. The molecule has 1 aromatic carbocycles. The zero-order chi connectivity index (χ0) is 13.8. The quantitative estimate of drug-likeness (QED) is 0.883. The molecule has 2 rings (SSSR count). The molecule has 0 saturated heterocycles. The number of methoxy groups -OCH3 is 1. The van der Waals surface area contributed by atoms with Crippen molar-refractivity contribution in [3.8, 4) is 5.75 Å². The van der Waals surface area contributed by atoms with Crippen LogP contribution in [0, 0.1) is 5.82 Å². The molecule has 102 valence electrons. The first kappa shape index (κ1) is 14.3. The molecule has 19 heavy (non-hydrogen) atoms. The minimum Gasteiger partial charge on any atom is -0.497 e. The SMILES string of the molecule is COc1ccc(C(C)NCc2ccc(Cl)s2)c(F)c1. The van der Waals surface area contributed by atoms with Crippen LogP contribution < -0.4 is 10.1 Å². The topological polar surface area (TPSA) is 21.3 Å². The summed E-state index contributed by atoms with van der Waals surface area (Å²) >= 11 is 7.39. The van der Waals surface area contributed by atoms with Crippen LogP contribution in [0.4, 0.5) is 4.39 Å². The maximum absolute atomic E-state index is 13.9. The van der Waals surface area contributed by atoms with Gasteiger partial charge in [-0.15, -0.1) is 11.3 Å². The van der Waals surface area contributed by atoms with Crippen molar-refractivity contribution in [1.29, 1.82) is 0 Å². The van der Waals surface area contributed by atoms with Gasteiger partial charge in [-0.3, -0.25) is 0 Å². The first-order valence-electron chi connectivity index (χ1n) is 5.91. The van der Waals surface area contributed by atoms with Crippen molar-refractivity contribution >= 4 is 22.9 Å². The molecule has 0 saturated carbocycles. The Kier molecular flexibility index (Phi) is 4.80. The third-order valence-corrected chi connectivity index (χ3v) is 4.12. The Bertz CT molecular complexity index is 558. The number of halogens is 2. The van der Waals surface area contributed by atoms with Crippen LogP contribution >= 0.6 is 22.9 Å². The van der Waals surface area contributed by atoms with E-state index in [0.29, 0.717) is 17.9 Å². The van der Waals surface area contributed by atoms with Crippen LogP contribution in [-0.4, -0.2) is 7.11 Å². The number of nitrogens with one attached hydrogen (secondary N) is 1. The second kappa shape index (κ2) is 6.37. The van der Waals surface area contributed by atoms with Crippen LogP contribution in [0.2, 0.25) is 4.34 Å². The average Bonchev–Trinajstić information content (AvgIpc) is 2.81. The van der Waals surface area contributed by atoms with E-state index in [0.717, 1.165) is 9.21 Å². The van der Waals surface area contributed by atoms with E-state index in [9.17, 15) is 4.39 Å². The minimum atomic E-state index is -0.261. The molecule has 0 radical (unpaired) electrons. The molecule has 0 aliphatic carbocycles. The Morgan fingerprint density at radius 3 is 2.74 bits per heavy atom. The molecule has 1 atom stereocenters. The lowest BCUT2D eigenvalue weighted by atomic mass is 10.1. The molecule has 2 nitrogen and oxygen atoms in total. The molecule has 1 heterocycles. The van der Waals surface area contributed by atoms with Crippen molar-refractivity contribution in [3.05, 3.63) is 50.9 Å². The second-order valence-electron chi connectivity index (χ2n) is 4.20. The molecule has 0 aliphatic rings. The molecule has 1 N–H and O–H groups in total. The fourth-order valence-corrected chi connectivity index (χ4v) is 2.83. The lowest BCUT2D eigenvalue weighted by Gasteiger charge is -2.15. The number of thiophene rings is 1. The normalized spacial score (nSPS) is 12.4. The Labute approximate surface area is 121 Å². The zero-order valence-electron chi connectivity index (χ0n) is 10.7. The average molecular weight is 300 g/mol. The molecule has 5 heteroatoms. The van der Waals surface area contributed by atoms with Gasteiger partial charge in [0.25, 0.3) is 0 Å². The van der Waals surface area contributed by atoms with Gasteiger partial charge in [-0.05, 0) is 25.1 Å². The fourth-order valence-electron chi connectivity index (χ4n) is 1.80. The number of hydrogen-bond acceptors (Lipinski definition) is 3. The highest BCUT2D eigenvalue weighted by Gasteiger charge is 2.11. The van der Waals surface area contributed by atoms with Gasteiger partial charge in [0.15, 0.2) is 0 Å². The number of rotatable bonds is 5. The van der Waals surface area contributed by atoms with Gasteiger partial charge in [0.2, 0.25) is 0 Å². The van der Waals surface area contributed by atoms with E-state index in [1.54, 1.807) is 12.1 Å². The third kappa shape index (κ3) is 3.69. The number of benzene rings is 1. The van der Waals surface area contributed by atoms with E-state index >= 15 is 0 Å². The molecule has 0 aliphatic heterocycles. The van der Waals surface area contributed by atoms with E-state index < -0.39 is 0 Å². The van der Waals surface area contributed by atoms with E-state index in [1.807, 2.05) is 19.1 Å². The summed E-state index contributed by atoms with van der Waals surface area (Å²) in [5, 5.41) is 3.28. The number of ether oxygens (including phenoxy) is 1. The highest BCUT2D eigenvalue weighted by Crippen LogP contribution is 2.24. The Hall–Kier alpha value is -1.10. The molecule has 1 unspecified atom stereocenters. The van der Waals surface area contributed by atoms with Crippen LogP contribution in [0.1, 0.15) is 23.4 Å².